The number of hydrogen-bond donors (Lipinski definition) is 1. The number of phenols is 1. The first-order valence-corrected chi connectivity index (χ1v) is 6.98. The van der Waals surface area contributed by atoms with E-state index >= 15 is 0 Å². The van der Waals surface area contributed by atoms with Gasteiger partial charge in [0.05, 0.1) is 0 Å². The number of carbonyl (C=O) groups excluding carboxylic acids is 1. The van der Waals surface area contributed by atoms with Crippen molar-refractivity contribution in [3.05, 3.63) is 30.5 Å². The summed E-state index contributed by atoms with van der Waals surface area (Å²) in [5, 5.41) is 11.7. The fourth-order valence-electron chi connectivity index (χ4n) is 2.89. The molecule has 1 aliphatic rings. The van der Waals surface area contributed by atoms with Crippen LogP contribution in [-0.4, -0.2) is 29.0 Å². The molecule has 0 amide bonds. The van der Waals surface area contributed by atoms with Gasteiger partial charge in [0, 0.05) is 30.6 Å². The summed E-state index contributed by atoms with van der Waals surface area (Å²) in [4.78, 5) is 18.1. The van der Waals surface area contributed by atoms with Crippen LogP contribution in [0.1, 0.15) is 19.8 Å². The van der Waals surface area contributed by atoms with Crippen molar-refractivity contribution in [3.8, 4) is 5.75 Å². The zero-order chi connectivity index (χ0) is 14.1. The summed E-state index contributed by atoms with van der Waals surface area (Å²) in [6.45, 7) is 3.35. The number of hydrogen-bond acceptors (Lipinski definition) is 4. The van der Waals surface area contributed by atoms with Gasteiger partial charge in [-0.25, -0.2) is 4.98 Å². The minimum absolute atomic E-state index is 0.189. The van der Waals surface area contributed by atoms with E-state index in [0.29, 0.717) is 0 Å². The van der Waals surface area contributed by atoms with Gasteiger partial charge in [0.2, 0.25) is 0 Å². The minimum atomic E-state index is 0.189. The quantitative estimate of drug-likeness (QED) is 0.911. The van der Waals surface area contributed by atoms with E-state index < -0.39 is 0 Å². The standard InChI is InChI=1S/C16H18N2O2/c1-11(19)12-5-8-18(9-6-12)16-15-10-14(20)3-2-13(15)4-7-17-16/h2-4,7,10,12,20H,5-6,8-9H2,1H3. The Balaban J connectivity index is 1.91. The van der Waals surface area contributed by atoms with Gasteiger partial charge in [0.15, 0.2) is 0 Å². The van der Waals surface area contributed by atoms with Gasteiger partial charge in [0.1, 0.15) is 17.4 Å². The number of pyridine rings is 1. The molecule has 1 aromatic carbocycles. The molecule has 0 radical (unpaired) electrons. The number of carbonyl (C=O) groups is 1. The van der Waals surface area contributed by atoms with Crippen LogP contribution in [0.2, 0.25) is 0 Å². The predicted molar refractivity (Wildman–Crippen MR) is 79.0 cm³/mol. The molecule has 1 N–H and O–H groups in total. The Morgan fingerprint density at radius 3 is 2.75 bits per heavy atom. The average Bonchev–Trinajstić information content (AvgIpc) is 2.46. The maximum absolute atomic E-state index is 11.4. The monoisotopic (exact) mass is 270 g/mol. The van der Waals surface area contributed by atoms with E-state index in [-0.39, 0.29) is 17.5 Å². The normalized spacial score (nSPS) is 16.6. The Kier molecular flexibility index (Phi) is 3.30. The molecule has 1 aliphatic heterocycles. The zero-order valence-corrected chi connectivity index (χ0v) is 11.5. The number of nitrogens with zero attached hydrogens (tertiary/aromatic N) is 2. The second kappa shape index (κ2) is 5.12. The molecule has 4 heteroatoms. The number of aromatic nitrogens is 1. The van der Waals surface area contributed by atoms with Crippen LogP contribution >= 0.6 is 0 Å². The molecule has 0 aliphatic carbocycles. The van der Waals surface area contributed by atoms with Crippen LogP contribution < -0.4 is 4.90 Å². The van der Waals surface area contributed by atoms with Gasteiger partial charge in [-0.2, -0.15) is 0 Å². The lowest BCUT2D eigenvalue weighted by atomic mass is 9.93. The molecule has 0 atom stereocenters. The van der Waals surface area contributed by atoms with Crippen LogP contribution in [0.25, 0.3) is 10.8 Å². The SMILES string of the molecule is CC(=O)C1CCN(c2nccc3ccc(O)cc23)CC1. The van der Waals surface area contributed by atoms with Crippen LogP contribution in [0, 0.1) is 5.92 Å². The second-order valence-corrected chi connectivity index (χ2v) is 5.41. The third-order valence-corrected chi connectivity index (χ3v) is 4.10. The van der Waals surface area contributed by atoms with Gasteiger partial charge in [-0.15, -0.1) is 0 Å². The second-order valence-electron chi connectivity index (χ2n) is 5.41. The van der Waals surface area contributed by atoms with Gasteiger partial charge in [0.25, 0.3) is 0 Å². The summed E-state index contributed by atoms with van der Waals surface area (Å²) in [5.41, 5.74) is 0. The van der Waals surface area contributed by atoms with E-state index in [1.807, 2.05) is 12.1 Å². The van der Waals surface area contributed by atoms with E-state index in [1.54, 1.807) is 25.3 Å². The molecule has 1 aromatic heterocycles. The third kappa shape index (κ3) is 2.33. The predicted octanol–water partition coefficient (Wildman–Crippen LogP) is 2.75. The largest absolute Gasteiger partial charge is 0.508 e. The van der Waals surface area contributed by atoms with Crippen molar-refractivity contribution < 1.29 is 9.90 Å². The fraction of sp³-hybridized carbons (Fsp3) is 0.375. The van der Waals surface area contributed by atoms with E-state index in [2.05, 4.69) is 9.88 Å². The summed E-state index contributed by atoms with van der Waals surface area (Å²) in [7, 11) is 0. The van der Waals surface area contributed by atoms with Gasteiger partial charge in [-0.1, -0.05) is 6.07 Å². The maximum Gasteiger partial charge on any atom is 0.136 e. The molecule has 4 nitrogen and oxygen atoms in total. The summed E-state index contributed by atoms with van der Waals surface area (Å²) in [6, 6.07) is 7.29. The molecule has 1 saturated heterocycles. The number of fused-ring (bicyclic) bond motifs is 1. The molecule has 104 valence electrons. The summed E-state index contributed by atoms with van der Waals surface area (Å²) < 4.78 is 0. The van der Waals surface area contributed by atoms with Crippen molar-refractivity contribution in [2.75, 3.05) is 18.0 Å². The molecule has 0 spiro atoms. The van der Waals surface area contributed by atoms with Crippen molar-refractivity contribution in [1.82, 2.24) is 4.98 Å². The number of anilines is 1. The number of rotatable bonds is 2. The summed E-state index contributed by atoms with van der Waals surface area (Å²) in [5.74, 6) is 1.63. The maximum atomic E-state index is 11.4. The average molecular weight is 270 g/mol. The number of aromatic hydroxyl groups is 1. The van der Waals surface area contributed by atoms with Crippen molar-refractivity contribution in [3.63, 3.8) is 0 Å². The lowest BCUT2D eigenvalue weighted by Crippen LogP contribution is -2.36. The number of piperidine rings is 1. The molecule has 3 rings (SSSR count). The Morgan fingerprint density at radius 1 is 1.30 bits per heavy atom. The molecule has 0 bridgehead atoms. The minimum Gasteiger partial charge on any atom is -0.508 e. The topological polar surface area (TPSA) is 53.4 Å². The van der Waals surface area contributed by atoms with E-state index in [0.717, 1.165) is 42.5 Å². The molecule has 0 saturated carbocycles. The first-order chi connectivity index (χ1) is 9.65. The first-order valence-electron chi connectivity index (χ1n) is 6.98. The van der Waals surface area contributed by atoms with Crippen LogP contribution in [0.3, 0.4) is 0 Å². The summed E-state index contributed by atoms with van der Waals surface area (Å²) in [6.07, 6.45) is 3.56. The van der Waals surface area contributed by atoms with E-state index in [1.165, 1.54) is 0 Å². The van der Waals surface area contributed by atoms with Gasteiger partial charge in [-0.3, -0.25) is 4.79 Å². The highest BCUT2D eigenvalue weighted by atomic mass is 16.3. The first kappa shape index (κ1) is 12.9. The molecular formula is C16H18N2O2. The highest BCUT2D eigenvalue weighted by molar-refractivity contribution is 5.93. The Morgan fingerprint density at radius 2 is 2.05 bits per heavy atom. The number of benzene rings is 1. The fourth-order valence-corrected chi connectivity index (χ4v) is 2.89. The van der Waals surface area contributed by atoms with Crippen molar-refractivity contribution in [2.24, 2.45) is 5.92 Å². The lowest BCUT2D eigenvalue weighted by Gasteiger charge is -2.32. The number of ketones is 1. The van der Waals surface area contributed by atoms with Gasteiger partial charge >= 0.3 is 0 Å². The van der Waals surface area contributed by atoms with Gasteiger partial charge in [-0.05, 0) is 43.4 Å². The van der Waals surface area contributed by atoms with Crippen LogP contribution in [0.4, 0.5) is 5.82 Å². The molecule has 0 unspecified atom stereocenters. The van der Waals surface area contributed by atoms with Crippen molar-refractivity contribution in [1.29, 1.82) is 0 Å². The third-order valence-electron chi connectivity index (χ3n) is 4.10. The summed E-state index contributed by atoms with van der Waals surface area (Å²) >= 11 is 0. The van der Waals surface area contributed by atoms with Gasteiger partial charge < -0.3 is 10.0 Å². The van der Waals surface area contributed by atoms with Crippen LogP contribution in [0.15, 0.2) is 30.5 Å². The Hall–Kier alpha value is -2.10. The molecule has 1 fully saturated rings. The van der Waals surface area contributed by atoms with Crippen molar-refractivity contribution >= 4 is 22.4 Å². The van der Waals surface area contributed by atoms with Crippen molar-refractivity contribution in [2.45, 2.75) is 19.8 Å². The highest BCUT2D eigenvalue weighted by Crippen LogP contribution is 2.30. The Labute approximate surface area is 118 Å². The molecule has 2 heterocycles. The molecular weight excluding hydrogens is 252 g/mol. The number of Topliss-reactive ketones (excluding diaryl/α,β-unsaturated/α-hetero) is 1. The van der Waals surface area contributed by atoms with E-state index in [9.17, 15) is 9.90 Å². The smallest absolute Gasteiger partial charge is 0.136 e. The Bertz CT molecular complexity index is 646. The molecule has 2 aromatic rings. The van der Waals surface area contributed by atoms with E-state index in [4.69, 9.17) is 0 Å². The number of phenolic OH excluding ortho intramolecular Hbond substituents is 1. The van der Waals surface area contributed by atoms with Crippen LogP contribution in [-0.2, 0) is 4.79 Å². The zero-order valence-electron chi connectivity index (χ0n) is 11.5. The lowest BCUT2D eigenvalue weighted by molar-refractivity contribution is -0.121. The molecule has 20 heavy (non-hydrogen) atoms. The highest BCUT2D eigenvalue weighted by Gasteiger charge is 2.23. The van der Waals surface area contributed by atoms with Crippen LogP contribution in [0.5, 0.6) is 5.75 Å².